The fourth-order valence-corrected chi connectivity index (χ4v) is 7.43. The maximum absolute atomic E-state index is 13.7. The third kappa shape index (κ3) is 6.93. The molecule has 1 aliphatic heterocycles. The van der Waals surface area contributed by atoms with Crippen LogP contribution < -0.4 is 5.32 Å². The summed E-state index contributed by atoms with van der Waals surface area (Å²) in [5, 5.41) is 10.2. The maximum atomic E-state index is 13.7. The van der Waals surface area contributed by atoms with Crippen molar-refractivity contribution in [2.24, 2.45) is 0 Å². The van der Waals surface area contributed by atoms with Crippen molar-refractivity contribution in [1.82, 2.24) is 29.8 Å². The summed E-state index contributed by atoms with van der Waals surface area (Å²) in [6.45, 7) is 6.02. The van der Waals surface area contributed by atoms with E-state index in [1.165, 1.54) is 16.0 Å². The number of hydrogen-bond acceptors (Lipinski definition) is 6. The quantitative estimate of drug-likeness (QED) is 0.217. The maximum Gasteiger partial charge on any atom is 0.274 e. The standard InChI is InChI=1S/C38H40N6O2S/c1-41-21-23-43(24-22-41)38(46)35-33-16-17-34-32(18-25-47-34)36(33)44(40-35)31-14-12-30(13-15-31)37(45)39-19-20-42(26-28-8-4-2-5-9-28)27-29-10-6-3-7-11-29/h2-15,18,25H,16-17,19-24,26-27H2,1H3,(H,39,45). The molecule has 47 heavy (non-hydrogen) atoms. The van der Waals surface area contributed by atoms with Crippen LogP contribution >= 0.6 is 11.3 Å². The Morgan fingerprint density at radius 3 is 2.15 bits per heavy atom. The minimum Gasteiger partial charge on any atom is -0.351 e. The molecule has 5 aromatic rings. The molecule has 0 radical (unpaired) electrons. The number of carbonyl (C=O) groups is 2. The third-order valence-electron chi connectivity index (χ3n) is 9.16. The molecule has 3 aromatic carbocycles. The van der Waals surface area contributed by atoms with Gasteiger partial charge in [0.2, 0.25) is 0 Å². The lowest BCUT2D eigenvalue weighted by Crippen LogP contribution is -2.47. The number of thiophene rings is 1. The number of carbonyl (C=O) groups excluding carboxylic acids is 2. The summed E-state index contributed by atoms with van der Waals surface area (Å²) >= 11 is 1.76. The van der Waals surface area contributed by atoms with E-state index in [4.69, 9.17) is 5.10 Å². The van der Waals surface area contributed by atoms with E-state index in [0.717, 1.165) is 68.1 Å². The Labute approximate surface area is 280 Å². The number of fused-ring (bicyclic) bond motifs is 3. The van der Waals surface area contributed by atoms with Crippen LogP contribution in [0.15, 0.2) is 96.4 Å². The second kappa shape index (κ2) is 14.0. The fraction of sp³-hybridized carbons (Fsp3) is 0.289. The number of aromatic nitrogens is 2. The first kappa shape index (κ1) is 31.1. The lowest BCUT2D eigenvalue weighted by molar-refractivity contribution is 0.0656. The highest BCUT2D eigenvalue weighted by Gasteiger charge is 2.32. The highest BCUT2D eigenvalue weighted by atomic mass is 32.1. The van der Waals surface area contributed by atoms with E-state index in [9.17, 15) is 9.59 Å². The molecule has 0 bridgehead atoms. The molecule has 0 spiro atoms. The summed E-state index contributed by atoms with van der Waals surface area (Å²) < 4.78 is 1.91. The van der Waals surface area contributed by atoms with Gasteiger partial charge in [0.1, 0.15) is 0 Å². The number of hydrogen-bond donors (Lipinski definition) is 1. The number of rotatable bonds is 10. The van der Waals surface area contributed by atoms with Crippen LogP contribution in [0.3, 0.4) is 0 Å². The summed E-state index contributed by atoms with van der Waals surface area (Å²) in [5.41, 5.74) is 7.65. The van der Waals surface area contributed by atoms with Gasteiger partial charge in [0, 0.05) is 73.9 Å². The molecular weight excluding hydrogens is 605 g/mol. The van der Waals surface area contributed by atoms with E-state index >= 15 is 0 Å². The van der Waals surface area contributed by atoms with E-state index in [-0.39, 0.29) is 11.8 Å². The zero-order valence-electron chi connectivity index (χ0n) is 26.8. The summed E-state index contributed by atoms with van der Waals surface area (Å²) in [7, 11) is 2.09. The number of amides is 2. The van der Waals surface area contributed by atoms with Crippen molar-refractivity contribution in [2.45, 2.75) is 25.9 Å². The van der Waals surface area contributed by atoms with Gasteiger partial charge in [0.25, 0.3) is 11.8 Å². The highest BCUT2D eigenvalue weighted by molar-refractivity contribution is 7.10. The smallest absolute Gasteiger partial charge is 0.274 e. The fourth-order valence-electron chi connectivity index (χ4n) is 6.55. The van der Waals surface area contributed by atoms with Crippen molar-refractivity contribution in [3.63, 3.8) is 0 Å². The SMILES string of the molecule is CN1CCN(C(=O)c2nn(-c3ccc(C(=O)NCCN(Cc4ccccc4)Cc4ccccc4)cc3)c3c2CCc2sccc2-3)CC1. The van der Waals surface area contributed by atoms with E-state index < -0.39 is 0 Å². The third-order valence-corrected chi connectivity index (χ3v) is 10.1. The molecule has 0 saturated carbocycles. The number of nitrogens with one attached hydrogen (secondary N) is 1. The van der Waals surface area contributed by atoms with E-state index in [1.807, 2.05) is 46.0 Å². The molecular formula is C38H40N6O2S. The molecule has 0 atom stereocenters. The van der Waals surface area contributed by atoms with Crippen molar-refractivity contribution >= 4 is 23.2 Å². The van der Waals surface area contributed by atoms with Crippen LogP contribution in [0.25, 0.3) is 16.9 Å². The predicted molar refractivity (Wildman–Crippen MR) is 187 cm³/mol. The molecule has 8 nitrogen and oxygen atoms in total. The molecule has 7 rings (SSSR count). The number of likely N-dealkylation sites (N-methyl/N-ethyl adjacent to an activating group) is 1. The van der Waals surface area contributed by atoms with Crippen molar-refractivity contribution in [2.75, 3.05) is 46.3 Å². The van der Waals surface area contributed by atoms with Crippen LogP contribution in [-0.4, -0.2) is 82.6 Å². The average molecular weight is 645 g/mol. The van der Waals surface area contributed by atoms with Crippen LogP contribution in [0.5, 0.6) is 0 Å². The first-order chi connectivity index (χ1) is 23.0. The van der Waals surface area contributed by atoms with Gasteiger partial charge >= 0.3 is 0 Å². The minimum absolute atomic E-state index is 0.0105. The van der Waals surface area contributed by atoms with Gasteiger partial charge in [-0.25, -0.2) is 4.68 Å². The topological polar surface area (TPSA) is 73.7 Å². The zero-order valence-corrected chi connectivity index (χ0v) is 27.6. The van der Waals surface area contributed by atoms with Gasteiger partial charge in [-0.2, -0.15) is 5.10 Å². The molecule has 1 fully saturated rings. The molecule has 1 N–H and O–H groups in total. The number of benzene rings is 3. The Balaban J connectivity index is 1.06. The first-order valence-corrected chi connectivity index (χ1v) is 17.3. The van der Waals surface area contributed by atoms with Crippen molar-refractivity contribution in [3.8, 4) is 16.9 Å². The zero-order chi connectivity index (χ0) is 32.2. The molecule has 0 unspecified atom stereocenters. The van der Waals surface area contributed by atoms with Crippen LogP contribution in [0.1, 0.15) is 42.4 Å². The van der Waals surface area contributed by atoms with Crippen LogP contribution in [-0.2, 0) is 25.9 Å². The van der Waals surface area contributed by atoms with Crippen molar-refractivity contribution in [1.29, 1.82) is 0 Å². The molecule has 1 saturated heterocycles. The van der Waals surface area contributed by atoms with Crippen molar-refractivity contribution < 1.29 is 9.59 Å². The summed E-state index contributed by atoms with van der Waals surface area (Å²) in [5.74, 6) is -0.0965. The summed E-state index contributed by atoms with van der Waals surface area (Å²) in [6, 6.07) is 30.6. The van der Waals surface area contributed by atoms with Gasteiger partial charge in [0.15, 0.2) is 5.69 Å². The van der Waals surface area contributed by atoms with E-state index in [2.05, 4.69) is 82.1 Å². The normalized spacial score (nSPS) is 14.6. The number of nitrogens with zero attached hydrogens (tertiary/aromatic N) is 5. The van der Waals surface area contributed by atoms with Crippen LogP contribution in [0.4, 0.5) is 0 Å². The minimum atomic E-state index is -0.107. The highest BCUT2D eigenvalue weighted by Crippen LogP contribution is 2.39. The Morgan fingerprint density at radius 1 is 0.830 bits per heavy atom. The largest absolute Gasteiger partial charge is 0.351 e. The average Bonchev–Trinajstić information content (AvgIpc) is 3.74. The van der Waals surface area contributed by atoms with Gasteiger partial charge in [-0.15, -0.1) is 11.3 Å². The molecule has 2 aromatic heterocycles. The Bertz CT molecular complexity index is 1780. The van der Waals surface area contributed by atoms with Gasteiger partial charge < -0.3 is 15.1 Å². The van der Waals surface area contributed by atoms with E-state index in [1.54, 1.807) is 11.3 Å². The monoisotopic (exact) mass is 644 g/mol. The van der Waals surface area contributed by atoms with E-state index in [0.29, 0.717) is 30.9 Å². The predicted octanol–water partition coefficient (Wildman–Crippen LogP) is 5.52. The first-order valence-electron chi connectivity index (χ1n) is 16.4. The van der Waals surface area contributed by atoms with Gasteiger partial charge in [-0.1, -0.05) is 60.7 Å². The molecule has 2 aliphatic rings. The summed E-state index contributed by atoms with van der Waals surface area (Å²) in [4.78, 5) is 34.8. The molecule has 3 heterocycles. The van der Waals surface area contributed by atoms with Crippen LogP contribution in [0.2, 0.25) is 0 Å². The summed E-state index contributed by atoms with van der Waals surface area (Å²) in [6.07, 6.45) is 1.71. The lowest BCUT2D eigenvalue weighted by Gasteiger charge is -2.32. The lowest BCUT2D eigenvalue weighted by atomic mass is 9.94. The Hall–Kier alpha value is -4.57. The van der Waals surface area contributed by atoms with Gasteiger partial charge in [-0.3, -0.25) is 14.5 Å². The molecule has 2 amide bonds. The Morgan fingerprint density at radius 2 is 1.49 bits per heavy atom. The van der Waals surface area contributed by atoms with Gasteiger partial charge in [-0.05, 0) is 66.7 Å². The second-order valence-corrected chi connectivity index (χ2v) is 13.4. The second-order valence-electron chi connectivity index (χ2n) is 12.4. The number of piperazine rings is 1. The van der Waals surface area contributed by atoms with Crippen molar-refractivity contribution in [3.05, 3.63) is 129 Å². The molecule has 1 aliphatic carbocycles. The number of aryl methyl sites for hydroxylation is 1. The van der Waals surface area contributed by atoms with Gasteiger partial charge in [0.05, 0.1) is 11.4 Å². The van der Waals surface area contributed by atoms with Crippen LogP contribution in [0, 0.1) is 0 Å². The molecule has 9 heteroatoms. The molecule has 240 valence electrons. The Kier molecular flexibility index (Phi) is 9.28.